The fourth-order valence-electron chi connectivity index (χ4n) is 5.95. The molecule has 0 unspecified atom stereocenters. The molecule has 0 saturated heterocycles. The lowest BCUT2D eigenvalue weighted by molar-refractivity contribution is -0.368. The number of unbranched alkanes of at least 4 members (excludes halogenated alkanes) is 1. The average Bonchev–Trinajstić information content (AvgIpc) is 3.25. The second kappa shape index (κ2) is 23.2. The molecule has 3 N–H and O–H groups in total. The highest BCUT2D eigenvalue weighted by molar-refractivity contribution is 5.70. The van der Waals surface area contributed by atoms with Crippen LogP contribution in [0.3, 0.4) is 0 Å². The molecule has 0 radical (unpaired) electrons. The molecule has 308 valence electrons. The van der Waals surface area contributed by atoms with Crippen LogP contribution in [-0.2, 0) is 44.3 Å². The van der Waals surface area contributed by atoms with Crippen LogP contribution in [0.25, 0.3) is 0 Å². The molecule has 0 aliphatic carbocycles. The Labute approximate surface area is 343 Å². The summed E-state index contributed by atoms with van der Waals surface area (Å²) in [6.07, 6.45) is -3.05. The third-order valence-corrected chi connectivity index (χ3v) is 8.98. The first-order valence-electron chi connectivity index (χ1n) is 19.4. The van der Waals surface area contributed by atoms with Gasteiger partial charge >= 0.3 is 6.18 Å². The lowest BCUT2D eigenvalue weighted by Gasteiger charge is -2.24. The van der Waals surface area contributed by atoms with Gasteiger partial charge in [0.1, 0.15) is 32.4 Å². The number of benzene rings is 6. The zero-order chi connectivity index (χ0) is 41.7. The number of quaternary nitrogens is 1. The van der Waals surface area contributed by atoms with E-state index in [0.717, 1.165) is 95.4 Å². The van der Waals surface area contributed by atoms with Crippen LogP contribution in [0.5, 0.6) is 23.0 Å². The molecule has 0 amide bonds. The molecule has 0 aliphatic rings. The molecule has 6 aromatic carbocycles. The van der Waals surface area contributed by atoms with Gasteiger partial charge in [-0.1, -0.05) is 133 Å². The van der Waals surface area contributed by atoms with Crippen molar-refractivity contribution in [1.29, 1.82) is 0 Å². The molecule has 0 aliphatic heterocycles. The number of carbonyl (C=O) groups excluding carboxylic acids is 1. The minimum Gasteiger partial charge on any atom is -0.542 e. The van der Waals surface area contributed by atoms with Gasteiger partial charge in [0.15, 0.2) is 23.0 Å². The Hall–Kier alpha value is -6.30. The first-order valence-corrected chi connectivity index (χ1v) is 19.4. The molecule has 0 heterocycles. The van der Waals surface area contributed by atoms with Crippen LogP contribution < -0.4 is 29.8 Å². The van der Waals surface area contributed by atoms with Crippen LogP contribution in [0, 0.1) is 0 Å². The van der Waals surface area contributed by atoms with E-state index in [1.165, 1.54) is 0 Å². The van der Waals surface area contributed by atoms with E-state index in [-0.39, 0.29) is 0 Å². The van der Waals surface area contributed by atoms with E-state index in [2.05, 4.69) is 83.4 Å². The maximum absolute atomic E-state index is 10.5. The summed E-state index contributed by atoms with van der Waals surface area (Å²) < 4.78 is 57.0. The van der Waals surface area contributed by atoms with Gasteiger partial charge in [-0.25, -0.2) is 0 Å². The number of aliphatic carboxylic acids is 1. The standard InChI is InChI=1S/C46H48N2O4.C2HF3O2/c47-27-13-14-28-48(31-41-23-25-43(49-33-37-15-5-1-6-16-37)45(29-41)51-35-39-19-9-3-10-20-39)32-42-24-26-44(50-34-38-17-7-2-8-18-38)46(30-42)52-36-40-21-11-4-12-22-40;3-2(4,5)1(6)7/h1-12,15-26,29-30H,13-14,27-28,31-36,47H2;(H,6,7). The van der Waals surface area contributed by atoms with Crippen molar-refractivity contribution in [1.82, 2.24) is 4.90 Å². The van der Waals surface area contributed by atoms with Gasteiger partial charge < -0.3 is 34.6 Å². The SMILES string of the molecule is O=C([O-])C(F)(F)F.[NH3+]CCCCN(Cc1ccc(OCc2ccccc2)c(OCc2ccccc2)c1)Cc1ccc(OCc2ccccc2)c(OCc2ccccc2)c1. The van der Waals surface area contributed by atoms with Gasteiger partial charge in [0.2, 0.25) is 0 Å². The average molecular weight is 807 g/mol. The van der Waals surface area contributed by atoms with E-state index in [0.29, 0.717) is 26.4 Å². The molecule has 6 aromatic rings. The van der Waals surface area contributed by atoms with Crippen molar-refractivity contribution in [2.75, 3.05) is 13.1 Å². The number of halogens is 3. The van der Waals surface area contributed by atoms with Crippen molar-refractivity contribution >= 4 is 5.97 Å². The Balaban J connectivity index is 0.000000867. The Morgan fingerprint density at radius 2 is 0.814 bits per heavy atom. The van der Waals surface area contributed by atoms with E-state index in [4.69, 9.17) is 28.8 Å². The summed E-state index contributed by atoms with van der Waals surface area (Å²) in [5, 5.41) is 8.78. The van der Waals surface area contributed by atoms with Crippen molar-refractivity contribution in [3.63, 3.8) is 0 Å². The maximum atomic E-state index is 10.5. The van der Waals surface area contributed by atoms with E-state index in [1.54, 1.807) is 0 Å². The zero-order valence-electron chi connectivity index (χ0n) is 32.8. The topological polar surface area (TPSA) is 108 Å². The first kappa shape index (κ1) is 43.8. The Morgan fingerprint density at radius 3 is 1.12 bits per heavy atom. The molecule has 8 nitrogen and oxygen atoms in total. The van der Waals surface area contributed by atoms with Crippen molar-refractivity contribution in [3.05, 3.63) is 191 Å². The number of hydrogen-bond donors (Lipinski definition) is 1. The first-order chi connectivity index (χ1) is 28.7. The Kier molecular flexibility index (Phi) is 17.2. The van der Waals surface area contributed by atoms with Crippen LogP contribution in [-0.4, -0.2) is 30.1 Å². The van der Waals surface area contributed by atoms with Crippen LogP contribution in [0.4, 0.5) is 13.2 Å². The smallest absolute Gasteiger partial charge is 0.430 e. The van der Waals surface area contributed by atoms with Crippen molar-refractivity contribution < 1.29 is 47.8 Å². The summed E-state index contributed by atoms with van der Waals surface area (Å²) in [6, 6.07) is 53.6. The number of carboxylic acid groups (broad SMARTS) is 1. The summed E-state index contributed by atoms with van der Waals surface area (Å²) >= 11 is 0. The molecule has 0 saturated carbocycles. The predicted molar refractivity (Wildman–Crippen MR) is 218 cm³/mol. The minimum atomic E-state index is -5.19. The number of carbonyl (C=O) groups is 1. The number of nitrogens with zero attached hydrogens (tertiary/aromatic N) is 1. The normalized spacial score (nSPS) is 11.0. The van der Waals surface area contributed by atoms with E-state index in [1.807, 2.05) is 84.9 Å². The number of hydrogen-bond acceptors (Lipinski definition) is 7. The molecule has 59 heavy (non-hydrogen) atoms. The molecular weight excluding hydrogens is 758 g/mol. The lowest BCUT2D eigenvalue weighted by Crippen LogP contribution is -2.50. The van der Waals surface area contributed by atoms with Crippen molar-refractivity contribution in [3.8, 4) is 23.0 Å². The predicted octanol–water partition coefficient (Wildman–Crippen LogP) is 8.33. The Morgan fingerprint density at radius 1 is 0.492 bits per heavy atom. The summed E-state index contributed by atoms with van der Waals surface area (Å²) in [4.78, 5) is 11.3. The van der Waals surface area contributed by atoms with Gasteiger partial charge in [-0.05, 0) is 77.0 Å². The fourth-order valence-corrected chi connectivity index (χ4v) is 5.95. The van der Waals surface area contributed by atoms with Gasteiger partial charge in [0.25, 0.3) is 0 Å². The molecule has 0 atom stereocenters. The highest BCUT2D eigenvalue weighted by atomic mass is 19.4. The molecule has 0 spiro atoms. The van der Waals surface area contributed by atoms with Gasteiger partial charge in [-0.3, -0.25) is 4.90 Å². The van der Waals surface area contributed by atoms with Gasteiger partial charge in [-0.15, -0.1) is 0 Å². The van der Waals surface area contributed by atoms with Crippen LogP contribution in [0.15, 0.2) is 158 Å². The molecule has 0 bridgehead atoms. The van der Waals surface area contributed by atoms with E-state index < -0.39 is 12.1 Å². The fraction of sp³-hybridized carbons (Fsp3) is 0.229. The number of alkyl halides is 3. The minimum absolute atomic E-state index is 0.462. The highest BCUT2D eigenvalue weighted by Crippen LogP contribution is 2.33. The van der Waals surface area contributed by atoms with Crippen LogP contribution in [0.2, 0.25) is 0 Å². The van der Waals surface area contributed by atoms with E-state index >= 15 is 0 Å². The summed E-state index contributed by atoms with van der Waals surface area (Å²) in [7, 11) is 0. The van der Waals surface area contributed by atoms with Crippen molar-refractivity contribution in [2.24, 2.45) is 0 Å². The van der Waals surface area contributed by atoms with Gasteiger partial charge in [-0.2, -0.15) is 13.2 Å². The van der Waals surface area contributed by atoms with E-state index in [9.17, 15) is 13.2 Å². The molecule has 6 rings (SSSR count). The maximum Gasteiger partial charge on any atom is 0.430 e. The number of ether oxygens (including phenoxy) is 4. The summed E-state index contributed by atoms with van der Waals surface area (Å²) in [5.74, 6) is -0.0533. The lowest BCUT2D eigenvalue weighted by atomic mass is 10.1. The van der Waals surface area contributed by atoms with Gasteiger partial charge in [0.05, 0.1) is 6.54 Å². The second-order valence-corrected chi connectivity index (χ2v) is 13.7. The third kappa shape index (κ3) is 15.5. The second-order valence-electron chi connectivity index (χ2n) is 13.7. The van der Waals surface area contributed by atoms with Crippen molar-refractivity contribution in [2.45, 2.75) is 58.5 Å². The molecule has 0 fully saturated rings. The summed E-state index contributed by atoms with van der Waals surface area (Å²) in [5.41, 5.74) is 10.8. The monoisotopic (exact) mass is 806 g/mol. The zero-order valence-corrected chi connectivity index (χ0v) is 32.8. The number of carboxylic acids is 1. The quantitative estimate of drug-likeness (QED) is 0.0774. The highest BCUT2D eigenvalue weighted by Gasteiger charge is 2.28. The largest absolute Gasteiger partial charge is 0.542 e. The van der Waals surface area contributed by atoms with Gasteiger partial charge in [0, 0.05) is 13.1 Å². The van der Waals surface area contributed by atoms with Crippen LogP contribution in [0.1, 0.15) is 46.2 Å². The summed E-state index contributed by atoms with van der Waals surface area (Å²) in [6.45, 7) is 5.23. The molecule has 0 aromatic heterocycles. The van der Waals surface area contributed by atoms with Crippen LogP contribution >= 0.6 is 0 Å². The molecule has 11 heteroatoms. The Bertz CT molecular complexity index is 1990. The number of rotatable bonds is 20. The third-order valence-electron chi connectivity index (χ3n) is 8.98. The molecular formula is C48H49F3N2O6.